The molecule has 0 heterocycles. The van der Waals surface area contributed by atoms with Gasteiger partial charge in [-0.05, 0) is 18.1 Å². The molecule has 1 rings (SSSR count). The summed E-state index contributed by atoms with van der Waals surface area (Å²) in [5.41, 5.74) is 0.354. The summed E-state index contributed by atoms with van der Waals surface area (Å²) in [6, 6.07) is 4.46. The van der Waals surface area contributed by atoms with Crippen LogP contribution in [0.3, 0.4) is 0 Å². The van der Waals surface area contributed by atoms with Crippen LogP contribution < -0.4 is 5.32 Å². The molecule has 0 spiro atoms. The van der Waals surface area contributed by atoms with Crippen LogP contribution in [-0.4, -0.2) is 12.5 Å². The van der Waals surface area contributed by atoms with Crippen LogP contribution in [0.1, 0.15) is 18.9 Å². The molecule has 0 bridgehead atoms. The third-order valence-corrected chi connectivity index (χ3v) is 1.98. The minimum atomic E-state index is -0.714. The van der Waals surface area contributed by atoms with E-state index >= 15 is 0 Å². The first kappa shape index (κ1) is 15.3. The van der Waals surface area contributed by atoms with Crippen LogP contribution in [0.4, 0.5) is 8.78 Å². The molecular weight excluding hydrogens is 248 g/mol. The Balaban J connectivity index is 0.00000225. The van der Waals surface area contributed by atoms with Gasteiger partial charge in [0.2, 0.25) is 5.91 Å². The molecule has 5 heteroatoms. The predicted molar refractivity (Wildman–Crippen MR) is 52.2 cm³/mol. The van der Waals surface area contributed by atoms with Gasteiger partial charge >= 0.3 is 0 Å². The zero-order chi connectivity index (χ0) is 11.3. The van der Waals surface area contributed by atoms with Crippen molar-refractivity contribution in [1.82, 2.24) is 5.32 Å². The standard InChI is InChI=1S/C11H12F2NO.Ti/c1-2-11(15)14-6-5-8-3-4-9(12)7-10(8)13;/h3-4H,2,5-6H2,1H3,(H,14,15);. The maximum absolute atomic E-state index is 13.0. The van der Waals surface area contributed by atoms with E-state index in [2.05, 4.69) is 5.32 Å². The number of halogens is 2. The van der Waals surface area contributed by atoms with Gasteiger partial charge in [0.15, 0.2) is 0 Å². The number of hydrogen-bond acceptors (Lipinski definition) is 1. The number of hydrogen-bond donors (Lipinski definition) is 1. The Morgan fingerprint density at radius 1 is 1.44 bits per heavy atom. The second-order valence-corrected chi connectivity index (χ2v) is 3.10. The summed E-state index contributed by atoms with van der Waals surface area (Å²) in [6.07, 6.45) is 0.742. The quantitative estimate of drug-likeness (QED) is 0.822. The first-order chi connectivity index (χ1) is 7.13. The Morgan fingerprint density at radius 3 is 2.69 bits per heavy atom. The molecule has 0 aromatic heterocycles. The van der Waals surface area contributed by atoms with Crippen LogP contribution in [-0.2, 0) is 32.9 Å². The smallest absolute Gasteiger partial charge is 0.219 e. The van der Waals surface area contributed by atoms with E-state index in [1.807, 2.05) is 6.07 Å². The Hall–Kier alpha value is -0.736. The molecular formula is C11H12F2NOTi. The van der Waals surface area contributed by atoms with Gasteiger partial charge in [-0.2, -0.15) is 0 Å². The van der Waals surface area contributed by atoms with Crippen LogP contribution in [0.5, 0.6) is 0 Å². The molecule has 1 amide bonds. The van der Waals surface area contributed by atoms with Gasteiger partial charge in [0.1, 0.15) is 11.6 Å². The van der Waals surface area contributed by atoms with Crippen LogP contribution >= 0.6 is 0 Å². The predicted octanol–water partition coefficient (Wildman–Crippen LogP) is 1.83. The van der Waals surface area contributed by atoms with E-state index in [0.29, 0.717) is 24.9 Å². The van der Waals surface area contributed by atoms with Gasteiger partial charge in [-0.1, -0.05) is 13.0 Å². The maximum Gasteiger partial charge on any atom is 0.219 e. The third-order valence-electron chi connectivity index (χ3n) is 1.98. The van der Waals surface area contributed by atoms with Crippen molar-refractivity contribution in [3.63, 3.8) is 0 Å². The molecule has 0 aliphatic rings. The summed E-state index contributed by atoms with van der Waals surface area (Å²) in [4.78, 5) is 10.9. The second-order valence-electron chi connectivity index (χ2n) is 3.10. The SMILES string of the molecule is CCC(=O)NCCc1ccc(F)[c]c1F.[Ti]. The fourth-order valence-corrected chi connectivity index (χ4v) is 1.13. The molecule has 0 unspecified atom stereocenters. The van der Waals surface area contributed by atoms with Crippen molar-refractivity contribution < 1.29 is 35.3 Å². The topological polar surface area (TPSA) is 29.1 Å². The minimum absolute atomic E-state index is 0. The van der Waals surface area contributed by atoms with Crippen LogP contribution in [0.15, 0.2) is 12.1 Å². The van der Waals surface area contributed by atoms with Crippen molar-refractivity contribution >= 4 is 5.91 Å². The zero-order valence-electron chi connectivity index (χ0n) is 8.94. The molecule has 85 valence electrons. The molecule has 1 aromatic carbocycles. The van der Waals surface area contributed by atoms with Gasteiger partial charge < -0.3 is 5.32 Å². The molecule has 0 atom stereocenters. The normalized spacial score (nSPS) is 9.44. The van der Waals surface area contributed by atoms with E-state index in [1.54, 1.807) is 6.92 Å². The van der Waals surface area contributed by atoms with E-state index in [1.165, 1.54) is 6.07 Å². The van der Waals surface area contributed by atoms with Gasteiger partial charge in [0, 0.05) is 34.7 Å². The van der Waals surface area contributed by atoms with Gasteiger partial charge in [0.25, 0.3) is 0 Å². The number of carbonyl (C=O) groups is 1. The zero-order valence-corrected chi connectivity index (χ0v) is 10.5. The van der Waals surface area contributed by atoms with E-state index in [-0.39, 0.29) is 27.6 Å². The number of carbonyl (C=O) groups excluding carboxylic acids is 1. The van der Waals surface area contributed by atoms with Crippen molar-refractivity contribution in [2.24, 2.45) is 0 Å². The van der Waals surface area contributed by atoms with Crippen molar-refractivity contribution in [3.8, 4) is 0 Å². The Bertz CT molecular complexity index is 358. The molecule has 1 aromatic rings. The average Bonchev–Trinajstić information content (AvgIpc) is 2.21. The van der Waals surface area contributed by atoms with Crippen LogP contribution in [0.2, 0.25) is 0 Å². The monoisotopic (exact) mass is 260 g/mol. The second kappa shape index (κ2) is 7.52. The molecule has 0 aliphatic carbocycles. The Labute approximate surface area is 108 Å². The van der Waals surface area contributed by atoms with Crippen LogP contribution in [0, 0.1) is 17.7 Å². The summed E-state index contributed by atoms with van der Waals surface area (Å²) in [5.74, 6) is -1.49. The number of rotatable bonds is 4. The van der Waals surface area contributed by atoms with E-state index in [9.17, 15) is 13.6 Å². The van der Waals surface area contributed by atoms with Gasteiger partial charge in [0.05, 0.1) is 6.07 Å². The number of nitrogens with one attached hydrogen (secondary N) is 1. The van der Waals surface area contributed by atoms with Crippen molar-refractivity contribution in [1.29, 1.82) is 0 Å². The number of benzene rings is 1. The Morgan fingerprint density at radius 2 is 2.12 bits per heavy atom. The molecule has 2 nitrogen and oxygen atoms in total. The average molecular weight is 260 g/mol. The molecule has 1 N–H and O–H groups in total. The van der Waals surface area contributed by atoms with Crippen molar-refractivity contribution in [3.05, 3.63) is 35.4 Å². The first-order valence-corrected chi connectivity index (χ1v) is 4.76. The molecule has 0 saturated carbocycles. The largest absolute Gasteiger partial charge is 0.356 e. The molecule has 0 saturated heterocycles. The molecule has 1 radical (unpaired) electrons. The fourth-order valence-electron chi connectivity index (χ4n) is 1.13. The summed E-state index contributed by atoms with van der Waals surface area (Å²) in [6.45, 7) is 2.09. The molecule has 16 heavy (non-hydrogen) atoms. The van der Waals surface area contributed by atoms with Gasteiger partial charge in [-0.3, -0.25) is 4.79 Å². The van der Waals surface area contributed by atoms with Crippen LogP contribution in [0.25, 0.3) is 0 Å². The summed E-state index contributed by atoms with van der Waals surface area (Å²) >= 11 is 0. The maximum atomic E-state index is 13.0. The van der Waals surface area contributed by atoms with Crippen molar-refractivity contribution in [2.75, 3.05) is 6.54 Å². The van der Waals surface area contributed by atoms with Crippen molar-refractivity contribution in [2.45, 2.75) is 19.8 Å². The van der Waals surface area contributed by atoms with E-state index in [4.69, 9.17) is 0 Å². The van der Waals surface area contributed by atoms with Gasteiger partial charge in [-0.15, -0.1) is 0 Å². The fraction of sp³-hybridized carbons (Fsp3) is 0.364. The van der Waals surface area contributed by atoms with E-state index in [0.717, 1.165) is 6.07 Å². The first-order valence-electron chi connectivity index (χ1n) is 4.76. The molecule has 0 fully saturated rings. The van der Waals surface area contributed by atoms with E-state index < -0.39 is 11.6 Å². The Kier molecular flexibility index (Phi) is 7.18. The third kappa shape index (κ3) is 4.86. The molecule has 0 aliphatic heterocycles. The summed E-state index contributed by atoms with van der Waals surface area (Å²) in [5, 5.41) is 2.61. The number of amides is 1. The van der Waals surface area contributed by atoms with Gasteiger partial charge in [-0.25, -0.2) is 8.78 Å². The summed E-state index contributed by atoms with van der Waals surface area (Å²) in [7, 11) is 0. The summed E-state index contributed by atoms with van der Waals surface area (Å²) < 4.78 is 25.5. The minimum Gasteiger partial charge on any atom is -0.356 e.